The number of hydrogen-bond donors (Lipinski definition) is 0. The zero-order valence-electron chi connectivity index (χ0n) is 7.71. The molecule has 0 amide bonds. The topological polar surface area (TPSA) is 441 Å². The van der Waals surface area contributed by atoms with Gasteiger partial charge in [-0.3, -0.25) is 0 Å². The Morgan fingerprint density at radius 2 is 0.133 bits per heavy atom. The molecular formula is H28MgO14. The molecule has 0 aromatic rings. The van der Waals surface area contributed by atoms with Gasteiger partial charge in [0.25, 0.3) is 0 Å². The van der Waals surface area contributed by atoms with Crippen molar-refractivity contribution in [3.8, 4) is 0 Å². The van der Waals surface area contributed by atoms with Crippen molar-refractivity contribution in [2.75, 3.05) is 0 Å². The summed E-state index contributed by atoms with van der Waals surface area (Å²) in [4.78, 5) is 0. The third kappa shape index (κ3) is 49800. The molecule has 0 saturated carbocycles. The van der Waals surface area contributed by atoms with E-state index in [4.69, 9.17) is 0 Å². The molecule has 0 aliphatic heterocycles. The monoisotopic (exact) mass is 276 g/mol. The second-order valence-corrected chi connectivity index (χ2v) is 0. The van der Waals surface area contributed by atoms with Gasteiger partial charge in [0.1, 0.15) is 0 Å². The molecule has 14 nitrogen and oxygen atoms in total. The van der Waals surface area contributed by atoms with Crippen LogP contribution in [0.15, 0.2) is 0 Å². The molecule has 28 N–H and O–H groups in total. The van der Waals surface area contributed by atoms with Gasteiger partial charge in [0.15, 0.2) is 0 Å². The predicted molar refractivity (Wildman–Crippen MR) is 56.3 cm³/mol. The second kappa shape index (κ2) is 58300. The van der Waals surface area contributed by atoms with Crippen LogP contribution >= 0.6 is 0 Å². The largest absolute Gasteiger partial charge is 0.412 e. The average molecular weight is 277 g/mol. The van der Waals surface area contributed by atoms with E-state index >= 15 is 0 Å². The standard InChI is InChI=1S/Mg.14H2O/h;14*1H2. The van der Waals surface area contributed by atoms with Crippen molar-refractivity contribution in [2.24, 2.45) is 0 Å². The zero-order chi connectivity index (χ0) is 0. The first-order chi connectivity index (χ1) is 0. The van der Waals surface area contributed by atoms with Crippen molar-refractivity contribution in [3.05, 3.63) is 0 Å². The van der Waals surface area contributed by atoms with E-state index in [1.165, 1.54) is 0 Å². The highest BCUT2D eigenvalue weighted by molar-refractivity contribution is 5.75. The van der Waals surface area contributed by atoms with Crippen LogP contribution in [0.4, 0.5) is 0 Å². The minimum atomic E-state index is 0. The van der Waals surface area contributed by atoms with E-state index in [-0.39, 0.29) is 99.7 Å². The van der Waals surface area contributed by atoms with E-state index in [1.807, 2.05) is 0 Å². The Morgan fingerprint density at radius 1 is 0.133 bits per heavy atom. The third-order valence-electron chi connectivity index (χ3n) is 0. The van der Waals surface area contributed by atoms with Crippen molar-refractivity contribution < 1.29 is 76.7 Å². The van der Waals surface area contributed by atoms with Crippen LogP contribution in [0.5, 0.6) is 0 Å². The molecule has 15 heavy (non-hydrogen) atoms. The van der Waals surface area contributed by atoms with Crippen molar-refractivity contribution >= 4 is 23.1 Å². The lowest BCUT2D eigenvalue weighted by atomic mass is 16.0. The minimum absolute atomic E-state index is 0. The Kier molecular flexibility index (Phi) is 280000000. The minimum Gasteiger partial charge on any atom is -0.412 e. The van der Waals surface area contributed by atoms with Crippen LogP contribution in [-0.4, -0.2) is 99.7 Å². The lowest BCUT2D eigenvalue weighted by Crippen LogP contribution is -0.381. The lowest BCUT2D eigenvalue weighted by molar-refractivity contribution is 0.823. The molecule has 0 unspecified atom stereocenters. The zero-order valence-corrected chi connectivity index (χ0v) is 9.12. The molecular weight excluding hydrogens is 248 g/mol. The molecule has 0 spiro atoms. The van der Waals surface area contributed by atoms with Crippen LogP contribution in [0.25, 0.3) is 0 Å². The summed E-state index contributed by atoms with van der Waals surface area (Å²) in [6, 6.07) is 0. The first-order valence-corrected chi connectivity index (χ1v) is 0. The summed E-state index contributed by atoms with van der Waals surface area (Å²) < 4.78 is 0. The molecule has 0 fully saturated rings. The van der Waals surface area contributed by atoms with Gasteiger partial charge in [-0.2, -0.15) is 0 Å². The van der Waals surface area contributed by atoms with Gasteiger partial charge in [0.05, 0.1) is 0 Å². The summed E-state index contributed by atoms with van der Waals surface area (Å²) in [5, 5.41) is 0. The Labute approximate surface area is 100 Å². The molecule has 0 rings (SSSR count). The Morgan fingerprint density at radius 3 is 0.133 bits per heavy atom. The molecule has 0 heterocycles. The summed E-state index contributed by atoms with van der Waals surface area (Å²) in [5.74, 6) is 0. The number of hydrogen-bond acceptors (Lipinski definition) is 0. The molecule has 0 aromatic carbocycles. The average Bonchev–Trinajstić information content (AvgIpc) is 0. The van der Waals surface area contributed by atoms with Gasteiger partial charge < -0.3 is 76.7 Å². The molecule has 15 heteroatoms. The summed E-state index contributed by atoms with van der Waals surface area (Å²) in [6.07, 6.45) is 0. The maximum atomic E-state index is 0. The van der Waals surface area contributed by atoms with Gasteiger partial charge in [0.2, 0.25) is 0 Å². The highest BCUT2D eigenvalue weighted by atomic mass is 24.3. The fourth-order valence-electron chi connectivity index (χ4n) is 0. The van der Waals surface area contributed by atoms with Crippen molar-refractivity contribution in [1.82, 2.24) is 0 Å². The first kappa shape index (κ1) is 72200. The summed E-state index contributed by atoms with van der Waals surface area (Å²) in [6.45, 7) is 0. The van der Waals surface area contributed by atoms with Gasteiger partial charge in [-0.25, -0.2) is 0 Å². The van der Waals surface area contributed by atoms with Crippen molar-refractivity contribution in [1.29, 1.82) is 0 Å². The van der Waals surface area contributed by atoms with Crippen molar-refractivity contribution in [2.45, 2.75) is 0 Å². The molecule has 0 bridgehead atoms. The molecule has 114 valence electrons. The molecule has 0 atom stereocenters. The fourth-order valence-corrected chi connectivity index (χ4v) is 0. The van der Waals surface area contributed by atoms with E-state index in [0.29, 0.717) is 0 Å². The smallest absolute Gasteiger partial charge is 0 e. The van der Waals surface area contributed by atoms with Crippen LogP contribution in [0.1, 0.15) is 0 Å². The Balaban J connectivity index is 0. The third-order valence-corrected chi connectivity index (χ3v) is 0. The van der Waals surface area contributed by atoms with Crippen LogP contribution in [0.2, 0.25) is 0 Å². The first-order valence-electron chi connectivity index (χ1n) is 0. The van der Waals surface area contributed by atoms with Crippen molar-refractivity contribution in [3.63, 3.8) is 0 Å². The quantitative estimate of drug-likeness (QED) is 0.371. The normalized spacial score (nSPS) is 0. The SMILES string of the molecule is O.O.O.O.O.O.O.O.O.O.O.O.O.O.[Mg]. The van der Waals surface area contributed by atoms with E-state index in [1.54, 1.807) is 0 Å². The van der Waals surface area contributed by atoms with E-state index in [2.05, 4.69) is 0 Å². The lowest BCUT2D eigenvalue weighted by Gasteiger charge is -0.413. The van der Waals surface area contributed by atoms with Gasteiger partial charge in [-0.1, -0.05) is 0 Å². The van der Waals surface area contributed by atoms with E-state index < -0.39 is 0 Å². The summed E-state index contributed by atoms with van der Waals surface area (Å²) >= 11 is 0. The molecule has 0 aliphatic carbocycles. The van der Waals surface area contributed by atoms with Gasteiger partial charge in [-0.15, -0.1) is 0 Å². The summed E-state index contributed by atoms with van der Waals surface area (Å²) in [5.41, 5.74) is 0. The maximum Gasteiger partial charge on any atom is 0 e. The highest BCUT2D eigenvalue weighted by Gasteiger charge is 0.0000351. The van der Waals surface area contributed by atoms with Gasteiger partial charge in [-0.05, 0) is 0 Å². The van der Waals surface area contributed by atoms with Crippen LogP contribution in [0.3, 0.4) is 0 Å². The second-order valence-electron chi connectivity index (χ2n) is 0. The Bertz CT molecular complexity index is 5.30. The van der Waals surface area contributed by atoms with Crippen LogP contribution < -0.4 is 0 Å². The molecule has 0 aromatic heterocycles. The molecule has 0 aliphatic rings. The predicted octanol–water partition coefficient (Wildman–Crippen LogP) is -11.9. The van der Waals surface area contributed by atoms with E-state index in [9.17, 15) is 0 Å². The highest BCUT2D eigenvalue weighted by Crippen LogP contribution is -0.276. The Hall–Kier alpha value is 0.206. The summed E-state index contributed by atoms with van der Waals surface area (Å²) in [7, 11) is 0. The molecule has 2 radical (unpaired) electrons. The molecule has 0 saturated heterocycles. The fraction of sp³-hybridized carbons (Fsp3) is 0. The van der Waals surface area contributed by atoms with Crippen LogP contribution in [0, 0.1) is 0 Å². The maximum absolute atomic E-state index is 0. The number of rotatable bonds is 0. The van der Waals surface area contributed by atoms with E-state index in [0.717, 1.165) is 0 Å². The van der Waals surface area contributed by atoms with Gasteiger partial charge in [0, 0.05) is 23.1 Å². The van der Waals surface area contributed by atoms with Gasteiger partial charge >= 0.3 is 0 Å². The van der Waals surface area contributed by atoms with Crippen LogP contribution in [-0.2, 0) is 0 Å².